The SMILES string of the molecule is N#CC1(c2ccccc2)CCOC(c2ccccc2)O1. The molecule has 0 N–H and O–H groups in total. The fraction of sp³-hybridized carbons (Fsp3) is 0.235. The summed E-state index contributed by atoms with van der Waals surface area (Å²) in [4.78, 5) is 0. The average molecular weight is 265 g/mol. The molecule has 3 rings (SSSR count). The van der Waals surface area contributed by atoms with Crippen molar-refractivity contribution < 1.29 is 9.47 Å². The second kappa shape index (κ2) is 5.46. The first-order valence-corrected chi connectivity index (χ1v) is 6.65. The fourth-order valence-electron chi connectivity index (χ4n) is 2.43. The van der Waals surface area contributed by atoms with Crippen LogP contribution in [-0.4, -0.2) is 6.61 Å². The summed E-state index contributed by atoms with van der Waals surface area (Å²) in [5.74, 6) is 0. The van der Waals surface area contributed by atoms with Crippen molar-refractivity contribution in [1.82, 2.24) is 0 Å². The normalized spacial score (nSPS) is 25.9. The second-order valence-electron chi connectivity index (χ2n) is 4.79. The van der Waals surface area contributed by atoms with Gasteiger partial charge in [0.25, 0.3) is 0 Å². The molecule has 0 spiro atoms. The Morgan fingerprint density at radius 3 is 2.30 bits per heavy atom. The Bertz CT molecular complexity index is 606. The predicted molar refractivity (Wildman–Crippen MR) is 74.6 cm³/mol. The van der Waals surface area contributed by atoms with Crippen molar-refractivity contribution in [2.24, 2.45) is 0 Å². The van der Waals surface area contributed by atoms with E-state index >= 15 is 0 Å². The van der Waals surface area contributed by atoms with Crippen LogP contribution in [0.25, 0.3) is 0 Å². The van der Waals surface area contributed by atoms with Crippen molar-refractivity contribution in [1.29, 1.82) is 5.26 Å². The lowest BCUT2D eigenvalue weighted by molar-refractivity contribution is -0.247. The molecule has 0 radical (unpaired) electrons. The third-order valence-corrected chi connectivity index (χ3v) is 3.52. The van der Waals surface area contributed by atoms with Crippen LogP contribution in [0.1, 0.15) is 23.8 Å². The van der Waals surface area contributed by atoms with Crippen molar-refractivity contribution in [3.8, 4) is 6.07 Å². The maximum atomic E-state index is 9.63. The third kappa shape index (κ3) is 2.32. The number of hydrogen-bond donors (Lipinski definition) is 0. The molecule has 0 amide bonds. The Morgan fingerprint density at radius 2 is 1.65 bits per heavy atom. The lowest BCUT2D eigenvalue weighted by Gasteiger charge is -2.36. The largest absolute Gasteiger partial charge is 0.348 e. The molecule has 3 nitrogen and oxygen atoms in total. The van der Waals surface area contributed by atoms with E-state index < -0.39 is 11.9 Å². The van der Waals surface area contributed by atoms with E-state index in [0.29, 0.717) is 13.0 Å². The zero-order chi connectivity index (χ0) is 13.8. The number of rotatable bonds is 2. The van der Waals surface area contributed by atoms with Crippen LogP contribution in [0.15, 0.2) is 60.7 Å². The van der Waals surface area contributed by atoms with Crippen molar-refractivity contribution in [3.63, 3.8) is 0 Å². The maximum absolute atomic E-state index is 9.63. The molecule has 0 bridgehead atoms. The molecular formula is C17H15NO2. The van der Waals surface area contributed by atoms with Gasteiger partial charge in [0.15, 0.2) is 11.9 Å². The van der Waals surface area contributed by atoms with Crippen LogP contribution in [0, 0.1) is 11.3 Å². The molecule has 2 atom stereocenters. The lowest BCUT2D eigenvalue weighted by atomic mass is 9.91. The molecule has 1 aliphatic rings. The molecule has 0 saturated carbocycles. The average Bonchev–Trinajstić information content (AvgIpc) is 2.56. The Balaban J connectivity index is 1.92. The Hall–Kier alpha value is -2.15. The minimum Gasteiger partial charge on any atom is -0.348 e. The van der Waals surface area contributed by atoms with E-state index in [1.54, 1.807) is 0 Å². The monoisotopic (exact) mass is 265 g/mol. The zero-order valence-corrected chi connectivity index (χ0v) is 11.0. The summed E-state index contributed by atoms with van der Waals surface area (Å²) in [7, 11) is 0. The van der Waals surface area contributed by atoms with E-state index in [4.69, 9.17) is 9.47 Å². The zero-order valence-electron chi connectivity index (χ0n) is 11.0. The van der Waals surface area contributed by atoms with Gasteiger partial charge in [-0.1, -0.05) is 60.7 Å². The molecule has 2 aromatic rings. The van der Waals surface area contributed by atoms with Gasteiger partial charge in [-0.3, -0.25) is 0 Å². The summed E-state index contributed by atoms with van der Waals surface area (Å²) in [6, 6.07) is 21.7. The van der Waals surface area contributed by atoms with Crippen LogP contribution in [-0.2, 0) is 15.1 Å². The van der Waals surface area contributed by atoms with Gasteiger partial charge in [0.2, 0.25) is 0 Å². The number of ether oxygens (including phenoxy) is 2. The van der Waals surface area contributed by atoms with E-state index in [1.165, 1.54) is 0 Å². The van der Waals surface area contributed by atoms with Gasteiger partial charge in [-0.05, 0) is 5.56 Å². The van der Waals surface area contributed by atoms with Gasteiger partial charge in [-0.25, -0.2) is 0 Å². The number of hydrogen-bond acceptors (Lipinski definition) is 3. The molecule has 100 valence electrons. The number of nitriles is 1. The summed E-state index contributed by atoms with van der Waals surface area (Å²) in [5, 5.41) is 9.63. The fourth-order valence-corrected chi connectivity index (χ4v) is 2.43. The van der Waals surface area contributed by atoms with Crippen molar-refractivity contribution in [2.75, 3.05) is 6.61 Å². The molecular weight excluding hydrogens is 250 g/mol. The number of benzene rings is 2. The summed E-state index contributed by atoms with van der Waals surface area (Å²) in [6.07, 6.45) is 0.0430. The van der Waals surface area contributed by atoms with Crippen LogP contribution < -0.4 is 0 Å². The Morgan fingerprint density at radius 1 is 1.00 bits per heavy atom. The minimum atomic E-state index is -0.931. The molecule has 1 aliphatic heterocycles. The molecule has 1 heterocycles. The van der Waals surface area contributed by atoms with Crippen LogP contribution in [0.2, 0.25) is 0 Å². The van der Waals surface area contributed by atoms with E-state index in [1.807, 2.05) is 60.7 Å². The van der Waals surface area contributed by atoms with Gasteiger partial charge >= 0.3 is 0 Å². The van der Waals surface area contributed by atoms with Crippen LogP contribution in [0.5, 0.6) is 0 Å². The Kier molecular flexibility index (Phi) is 3.51. The molecule has 0 aliphatic carbocycles. The van der Waals surface area contributed by atoms with E-state index in [-0.39, 0.29) is 0 Å². The van der Waals surface area contributed by atoms with Crippen molar-refractivity contribution in [2.45, 2.75) is 18.3 Å². The van der Waals surface area contributed by atoms with E-state index in [0.717, 1.165) is 11.1 Å². The highest BCUT2D eigenvalue weighted by Crippen LogP contribution is 2.39. The molecule has 3 heteroatoms. The molecule has 2 unspecified atom stereocenters. The molecule has 1 saturated heterocycles. The van der Waals surface area contributed by atoms with E-state index in [9.17, 15) is 5.26 Å². The molecule has 1 fully saturated rings. The van der Waals surface area contributed by atoms with Gasteiger partial charge in [0.1, 0.15) is 6.07 Å². The minimum absolute atomic E-state index is 0.496. The third-order valence-electron chi connectivity index (χ3n) is 3.52. The van der Waals surface area contributed by atoms with Gasteiger partial charge in [0.05, 0.1) is 6.61 Å². The number of nitrogens with zero attached hydrogens (tertiary/aromatic N) is 1. The Labute approximate surface area is 118 Å². The molecule has 0 aromatic heterocycles. The highest BCUT2D eigenvalue weighted by atomic mass is 16.7. The predicted octanol–water partition coefficient (Wildman–Crippen LogP) is 3.54. The van der Waals surface area contributed by atoms with Gasteiger partial charge in [-0.15, -0.1) is 0 Å². The topological polar surface area (TPSA) is 42.2 Å². The summed E-state index contributed by atoms with van der Waals surface area (Å²) < 4.78 is 11.7. The lowest BCUT2D eigenvalue weighted by Crippen LogP contribution is -2.36. The van der Waals surface area contributed by atoms with Crippen molar-refractivity contribution >= 4 is 0 Å². The standard InChI is InChI=1S/C17H15NO2/c18-13-17(15-9-5-2-6-10-15)11-12-19-16(20-17)14-7-3-1-4-8-14/h1-10,16H,11-12H2. The van der Waals surface area contributed by atoms with Crippen LogP contribution in [0.4, 0.5) is 0 Å². The smallest absolute Gasteiger partial charge is 0.186 e. The first kappa shape index (κ1) is 12.9. The molecule has 20 heavy (non-hydrogen) atoms. The first-order valence-electron chi connectivity index (χ1n) is 6.65. The first-order chi connectivity index (χ1) is 9.84. The second-order valence-corrected chi connectivity index (χ2v) is 4.79. The summed E-state index contributed by atoms with van der Waals surface area (Å²) >= 11 is 0. The van der Waals surface area contributed by atoms with Crippen LogP contribution >= 0.6 is 0 Å². The van der Waals surface area contributed by atoms with E-state index in [2.05, 4.69) is 6.07 Å². The summed E-state index contributed by atoms with van der Waals surface area (Å²) in [5.41, 5.74) is 0.884. The van der Waals surface area contributed by atoms with Gasteiger partial charge in [-0.2, -0.15) is 5.26 Å². The highest BCUT2D eigenvalue weighted by molar-refractivity contribution is 5.30. The van der Waals surface area contributed by atoms with Crippen molar-refractivity contribution in [3.05, 3.63) is 71.8 Å². The maximum Gasteiger partial charge on any atom is 0.186 e. The van der Waals surface area contributed by atoms with Crippen LogP contribution in [0.3, 0.4) is 0 Å². The quantitative estimate of drug-likeness (QED) is 0.834. The molecule has 2 aromatic carbocycles. The van der Waals surface area contributed by atoms with Gasteiger partial charge < -0.3 is 9.47 Å². The highest BCUT2D eigenvalue weighted by Gasteiger charge is 2.40. The summed E-state index contributed by atoms with van der Waals surface area (Å²) in [6.45, 7) is 0.502. The van der Waals surface area contributed by atoms with Gasteiger partial charge in [0, 0.05) is 12.0 Å².